The summed E-state index contributed by atoms with van der Waals surface area (Å²) >= 11 is 5.87. The summed E-state index contributed by atoms with van der Waals surface area (Å²) in [5.41, 5.74) is 0.654. The molecule has 2 aromatic carbocycles. The molecule has 3 nitrogen and oxygen atoms in total. The van der Waals surface area contributed by atoms with E-state index in [0.717, 1.165) is 5.75 Å². The van der Waals surface area contributed by atoms with E-state index in [2.05, 4.69) is 0 Å². The topological polar surface area (TPSA) is 38.7 Å². The summed E-state index contributed by atoms with van der Waals surface area (Å²) in [6, 6.07) is 12.5. The van der Waals surface area contributed by atoms with Crippen LogP contribution < -0.4 is 9.47 Å². The van der Waals surface area contributed by atoms with Crippen LogP contribution in [-0.2, 0) is 6.61 Å². The molecule has 0 radical (unpaired) electrons. The minimum absolute atomic E-state index is 0.118. The second-order valence-electron chi connectivity index (χ2n) is 3.92. The molecule has 2 aromatic rings. The molecule has 0 aliphatic rings. The molecule has 0 heterocycles. The van der Waals surface area contributed by atoms with Crippen LogP contribution in [0.4, 0.5) is 0 Å². The van der Waals surface area contributed by atoms with Crippen molar-refractivity contribution in [2.45, 2.75) is 13.5 Å². The average Bonchev–Trinajstić information content (AvgIpc) is 2.43. The Morgan fingerprint density at radius 3 is 2.37 bits per heavy atom. The maximum Gasteiger partial charge on any atom is 0.133 e. The van der Waals surface area contributed by atoms with Gasteiger partial charge in [-0.25, -0.2) is 0 Å². The Bertz CT molecular complexity index is 538. The highest BCUT2D eigenvalue weighted by Crippen LogP contribution is 2.29. The van der Waals surface area contributed by atoms with Crippen LogP contribution >= 0.6 is 11.6 Å². The summed E-state index contributed by atoms with van der Waals surface area (Å²) in [6.07, 6.45) is 0. The van der Waals surface area contributed by atoms with Gasteiger partial charge in [-0.3, -0.25) is 0 Å². The van der Waals surface area contributed by atoms with Gasteiger partial charge in [0, 0.05) is 10.6 Å². The Hall–Kier alpha value is -1.71. The second-order valence-corrected chi connectivity index (χ2v) is 4.35. The van der Waals surface area contributed by atoms with Crippen molar-refractivity contribution in [2.24, 2.45) is 0 Å². The first-order valence-corrected chi connectivity index (χ1v) is 6.40. The van der Waals surface area contributed by atoms with Crippen LogP contribution in [0.15, 0.2) is 42.5 Å². The highest BCUT2D eigenvalue weighted by atomic mass is 35.5. The largest absolute Gasteiger partial charge is 0.494 e. The standard InChI is InChI=1S/C15H15ClO3/c1-2-18-13-4-6-14(7-5-13)19-15-8-3-12(16)9-11(15)10-17/h3-9,17H,2,10H2,1H3. The van der Waals surface area contributed by atoms with E-state index in [1.807, 2.05) is 31.2 Å². The molecule has 4 heteroatoms. The SMILES string of the molecule is CCOc1ccc(Oc2ccc(Cl)cc2CO)cc1. The molecule has 100 valence electrons. The first-order valence-electron chi connectivity index (χ1n) is 6.03. The van der Waals surface area contributed by atoms with Gasteiger partial charge in [0.2, 0.25) is 0 Å². The van der Waals surface area contributed by atoms with E-state index in [1.54, 1.807) is 18.2 Å². The fourth-order valence-electron chi connectivity index (χ4n) is 1.67. The number of halogens is 1. The molecular weight excluding hydrogens is 264 g/mol. The number of hydrogen-bond donors (Lipinski definition) is 1. The van der Waals surface area contributed by atoms with Crippen LogP contribution in [0.5, 0.6) is 17.2 Å². The lowest BCUT2D eigenvalue weighted by atomic mass is 10.2. The third-order valence-corrected chi connectivity index (χ3v) is 2.79. The van der Waals surface area contributed by atoms with Gasteiger partial charge in [-0.05, 0) is 49.4 Å². The first kappa shape index (κ1) is 13.7. The smallest absolute Gasteiger partial charge is 0.133 e. The number of aliphatic hydroxyl groups is 1. The van der Waals surface area contributed by atoms with Gasteiger partial charge < -0.3 is 14.6 Å². The highest BCUT2D eigenvalue weighted by Gasteiger charge is 2.05. The van der Waals surface area contributed by atoms with E-state index in [1.165, 1.54) is 0 Å². The maximum atomic E-state index is 9.28. The summed E-state index contributed by atoms with van der Waals surface area (Å²) in [5.74, 6) is 2.07. The quantitative estimate of drug-likeness (QED) is 0.898. The van der Waals surface area contributed by atoms with E-state index in [4.69, 9.17) is 21.1 Å². The lowest BCUT2D eigenvalue weighted by Gasteiger charge is -2.10. The fourth-order valence-corrected chi connectivity index (χ4v) is 1.86. The summed E-state index contributed by atoms with van der Waals surface area (Å²) in [5, 5.41) is 9.85. The zero-order valence-electron chi connectivity index (χ0n) is 10.6. The number of hydrogen-bond acceptors (Lipinski definition) is 3. The molecule has 0 saturated heterocycles. The van der Waals surface area contributed by atoms with Crippen LogP contribution in [0.1, 0.15) is 12.5 Å². The normalized spacial score (nSPS) is 10.3. The molecule has 0 amide bonds. The Morgan fingerprint density at radius 1 is 1.05 bits per heavy atom. The predicted octanol–water partition coefficient (Wildman–Crippen LogP) is 4.02. The summed E-state index contributed by atoms with van der Waals surface area (Å²) < 4.78 is 11.1. The Morgan fingerprint density at radius 2 is 1.74 bits per heavy atom. The minimum atomic E-state index is -0.118. The van der Waals surface area contributed by atoms with Gasteiger partial charge >= 0.3 is 0 Å². The molecule has 0 fully saturated rings. The Kier molecular flexibility index (Phi) is 4.66. The number of aliphatic hydroxyl groups excluding tert-OH is 1. The van der Waals surface area contributed by atoms with E-state index in [9.17, 15) is 5.11 Å². The third kappa shape index (κ3) is 3.63. The number of rotatable bonds is 5. The van der Waals surface area contributed by atoms with Gasteiger partial charge in [0.15, 0.2) is 0 Å². The zero-order chi connectivity index (χ0) is 13.7. The van der Waals surface area contributed by atoms with Crippen molar-refractivity contribution in [1.29, 1.82) is 0 Å². The van der Waals surface area contributed by atoms with E-state index < -0.39 is 0 Å². The lowest BCUT2D eigenvalue weighted by Crippen LogP contribution is -1.93. The van der Waals surface area contributed by atoms with Gasteiger partial charge in [0.05, 0.1) is 13.2 Å². The second kappa shape index (κ2) is 6.45. The van der Waals surface area contributed by atoms with Gasteiger partial charge in [-0.15, -0.1) is 0 Å². The summed E-state index contributed by atoms with van der Waals surface area (Å²) in [6.45, 7) is 2.45. The van der Waals surface area contributed by atoms with Crippen molar-refractivity contribution in [3.05, 3.63) is 53.1 Å². The molecular formula is C15H15ClO3. The van der Waals surface area contributed by atoms with Crippen molar-refractivity contribution in [2.75, 3.05) is 6.61 Å². The van der Waals surface area contributed by atoms with Crippen LogP contribution in [-0.4, -0.2) is 11.7 Å². The van der Waals surface area contributed by atoms with Gasteiger partial charge in [-0.1, -0.05) is 11.6 Å². The molecule has 0 aliphatic heterocycles. The van der Waals surface area contributed by atoms with Gasteiger partial charge in [0.1, 0.15) is 17.2 Å². The highest BCUT2D eigenvalue weighted by molar-refractivity contribution is 6.30. The molecule has 0 unspecified atom stereocenters. The van der Waals surface area contributed by atoms with Crippen LogP contribution in [0.2, 0.25) is 5.02 Å². The van der Waals surface area contributed by atoms with Crippen LogP contribution in [0.25, 0.3) is 0 Å². The maximum absolute atomic E-state index is 9.28. The van der Waals surface area contributed by atoms with E-state index >= 15 is 0 Å². The number of benzene rings is 2. The molecule has 2 rings (SSSR count). The van der Waals surface area contributed by atoms with Crippen molar-refractivity contribution in [3.8, 4) is 17.2 Å². The minimum Gasteiger partial charge on any atom is -0.494 e. The van der Waals surface area contributed by atoms with Crippen molar-refractivity contribution >= 4 is 11.6 Å². The molecule has 0 aromatic heterocycles. The van der Waals surface area contributed by atoms with E-state index in [-0.39, 0.29) is 6.61 Å². The predicted molar refractivity (Wildman–Crippen MR) is 75.1 cm³/mol. The molecule has 0 atom stereocenters. The molecule has 19 heavy (non-hydrogen) atoms. The van der Waals surface area contributed by atoms with Crippen molar-refractivity contribution in [3.63, 3.8) is 0 Å². The lowest BCUT2D eigenvalue weighted by molar-refractivity contribution is 0.276. The van der Waals surface area contributed by atoms with Crippen LogP contribution in [0, 0.1) is 0 Å². The Balaban J connectivity index is 2.16. The van der Waals surface area contributed by atoms with E-state index in [0.29, 0.717) is 28.7 Å². The summed E-state index contributed by atoms with van der Waals surface area (Å²) in [4.78, 5) is 0. The van der Waals surface area contributed by atoms with Crippen LogP contribution in [0.3, 0.4) is 0 Å². The number of ether oxygens (including phenoxy) is 2. The van der Waals surface area contributed by atoms with Gasteiger partial charge in [0.25, 0.3) is 0 Å². The molecule has 0 spiro atoms. The van der Waals surface area contributed by atoms with Crippen molar-refractivity contribution in [1.82, 2.24) is 0 Å². The Labute approximate surface area is 117 Å². The molecule has 0 saturated carbocycles. The third-order valence-electron chi connectivity index (χ3n) is 2.56. The average molecular weight is 279 g/mol. The zero-order valence-corrected chi connectivity index (χ0v) is 11.4. The van der Waals surface area contributed by atoms with Gasteiger partial charge in [-0.2, -0.15) is 0 Å². The molecule has 1 N–H and O–H groups in total. The fraction of sp³-hybridized carbons (Fsp3) is 0.200. The first-order chi connectivity index (χ1) is 9.22. The summed E-state index contributed by atoms with van der Waals surface area (Å²) in [7, 11) is 0. The monoisotopic (exact) mass is 278 g/mol. The molecule has 0 bridgehead atoms. The van der Waals surface area contributed by atoms with Crippen molar-refractivity contribution < 1.29 is 14.6 Å². The molecule has 0 aliphatic carbocycles.